The number of hydrogen-bond acceptors (Lipinski definition) is 2. The Kier molecular flexibility index (Phi) is 6.50. The van der Waals surface area contributed by atoms with Crippen LogP contribution in [0, 0.1) is 5.92 Å². The number of carbonyl (C=O) groups is 2. The quantitative estimate of drug-likeness (QED) is 0.780. The molecule has 1 saturated heterocycles. The number of rotatable bonds is 7. The topological polar surface area (TPSA) is 49.4 Å². The van der Waals surface area contributed by atoms with Crippen molar-refractivity contribution in [3.63, 3.8) is 0 Å². The second-order valence-electron chi connectivity index (χ2n) is 6.21. The minimum absolute atomic E-state index is 0.0207. The van der Waals surface area contributed by atoms with Gasteiger partial charge in [0.2, 0.25) is 11.8 Å². The molecule has 1 heterocycles. The van der Waals surface area contributed by atoms with E-state index in [9.17, 15) is 9.59 Å². The Hall–Kier alpha value is -1.06. The van der Waals surface area contributed by atoms with E-state index in [1.807, 2.05) is 11.8 Å². The third kappa shape index (κ3) is 3.74. The smallest absolute Gasteiger partial charge is 0.246 e. The number of nitrogens with zero attached hydrogens (tertiary/aromatic N) is 1. The normalized spacial score (nSPS) is 25.0. The molecule has 1 rings (SSSR count). The molecule has 1 N–H and O–H groups in total. The second kappa shape index (κ2) is 7.65. The van der Waals surface area contributed by atoms with E-state index in [0.29, 0.717) is 12.3 Å². The number of nitrogens with one attached hydrogen (secondary N) is 1. The fraction of sp³-hybridized carbons (Fsp3) is 0.875. The van der Waals surface area contributed by atoms with Crippen LogP contribution in [0.4, 0.5) is 0 Å². The summed E-state index contributed by atoms with van der Waals surface area (Å²) in [6, 6.07) is -0.434. The maximum absolute atomic E-state index is 12.8. The maximum Gasteiger partial charge on any atom is 0.246 e. The first-order valence-corrected chi connectivity index (χ1v) is 8.08. The summed E-state index contributed by atoms with van der Waals surface area (Å²) in [6.07, 6.45) is 4.33. The van der Waals surface area contributed by atoms with Crippen molar-refractivity contribution in [3.05, 3.63) is 0 Å². The Balaban J connectivity index is 2.98. The average molecular weight is 282 g/mol. The van der Waals surface area contributed by atoms with E-state index in [0.717, 1.165) is 25.7 Å². The summed E-state index contributed by atoms with van der Waals surface area (Å²) in [5.41, 5.74) is 0. The van der Waals surface area contributed by atoms with E-state index in [-0.39, 0.29) is 29.9 Å². The zero-order valence-electron chi connectivity index (χ0n) is 13.6. The van der Waals surface area contributed by atoms with Gasteiger partial charge < -0.3 is 10.2 Å². The van der Waals surface area contributed by atoms with E-state index in [1.54, 1.807) is 0 Å². The van der Waals surface area contributed by atoms with E-state index >= 15 is 0 Å². The Labute approximate surface area is 123 Å². The summed E-state index contributed by atoms with van der Waals surface area (Å²) in [5.74, 6) is 0.535. The first-order valence-electron chi connectivity index (χ1n) is 8.08. The highest BCUT2D eigenvalue weighted by Crippen LogP contribution is 2.23. The molecule has 0 saturated carbocycles. The highest BCUT2D eigenvalue weighted by molar-refractivity contribution is 5.97. The van der Waals surface area contributed by atoms with Gasteiger partial charge in [0.25, 0.3) is 0 Å². The predicted molar refractivity (Wildman–Crippen MR) is 81.3 cm³/mol. The number of carbonyl (C=O) groups excluding carboxylic acids is 2. The molecular formula is C16H30N2O2. The van der Waals surface area contributed by atoms with Crippen molar-refractivity contribution in [2.75, 3.05) is 0 Å². The first kappa shape index (κ1) is 17.0. The molecule has 3 atom stereocenters. The lowest BCUT2D eigenvalue weighted by molar-refractivity contribution is -0.153. The van der Waals surface area contributed by atoms with Crippen LogP contribution in [-0.2, 0) is 9.59 Å². The Morgan fingerprint density at radius 3 is 2.30 bits per heavy atom. The molecule has 0 radical (unpaired) electrons. The van der Waals surface area contributed by atoms with E-state index in [1.165, 1.54) is 0 Å². The fourth-order valence-electron chi connectivity index (χ4n) is 3.11. The van der Waals surface area contributed by atoms with Gasteiger partial charge in [0.15, 0.2) is 0 Å². The fourth-order valence-corrected chi connectivity index (χ4v) is 3.11. The second-order valence-corrected chi connectivity index (χ2v) is 6.21. The van der Waals surface area contributed by atoms with Gasteiger partial charge in [-0.15, -0.1) is 0 Å². The van der Waals surface area contributed by atoms with E-state index < -0.39 is 0 Å². The summed E-state index contributed by atoms with van der Waals surface area (Å²) < 4.78 is 0. The van der Waals surface area contributed by atoms with Crippen LogP contribution >= 0.6 is 0 Å². The molecule has 2 amide bonds. The minimum Gasteiger partial charge on any atom is -0.342 e. The summed E-state index contributed by atoms with van der Waals surface area (Å²) in [7, 11) is 0. The van der Waals surface area contributed by atoms with Crippen molar-refractivity contribution in [1.29, 1.82) is 0 Å². The molecule has 0 aromatic heterocycles. The maximum atomic E-state index is 12.8. The predicted octanol–water partition coefficient (Wildman–Crippen LogP) is 2.72. The van der Waals surface area contributed by atoms with Crippen LogP contribution in [0.25, 0.3) is 0 Å². The molecule has 20 heavy (non-hydrogen) atoms. The average Bonchev–Trinajstić information content (AvgIpc) is 2.39. The lowest BCUT2D eigenvalue weighted by Crippen LogP contribution is -2.65. The Morgan fingerprint density at radius 1 is 1.20 bits per heavy atom. The zero-order valence-corrected chi connectivity index (χ0v) is 13.6. The lowest BCUT2D eigenvalue weighted by atomic mass is 9.94. The van der Waals surface area contributed by atoms with Crippen molar-refractivity contribution >= 4 is 11.8 Å². The van der Waals surface area contributed by atoms with Gasteiger partial charge in [0, 0.05) is 6.04 Å². The molecule has 1 fully saturated rings. The highest BCUT2D eigenvalue weighted by atomic mass is 16.2. The van der Waals surface area contributed by atoms with Gasteiger partial charge in [0.1, 0.15) is 12.1 Å². The molecule has 0 aromatic carbocycles. The SMILES string of the molecule is CCCC(CC)N1C(=O)C(CC(C)C)NC(=O)C1CC. The molecule has 0 aromatic rings. The molecule has 3 unspecified atom stereocenters. The van der Waals surface area contributed by atoms with Crippen molar-refractivity contribution in [3.8, 4) is 0 Å². The third-order valence-corrected chi connectivity index (χ3v) is 4.09. The molecule has 116 valence electrons. The minimum atomic E-state index is -0.337. The van der Waals surface area contributed by atoms with Gasteiger partial charge in [-0.25, -0.2) is 0 Å². The molecule has 0 spiro atoms. The zero-order chi connectivity index (χ0) is 15.3. The Morgan fingerprint density at radius 2 is 1.85 bits per heavy atom. The standard InChI is InChI=1S/C16H30N2O2/c1-6-9-12(7-2)18-14(8-3)15(19)17-13(16(18)20)10-11(4)5/h11-14H,6-10H2,1-5H3,(H,17,19). The first-order chi connectivity index (χ1) is 9.46. The van der Waals surface area contributed by atoms with Crippen LogP contribution in [0.15, 0.2) is 0 Å². The molecule has 1 aliphatic rings. The van der Waals surface area contributed by atoms with Gasteiger partial charge >= 0.3 is 0 Å². The number of hydrogen-bond donors (Lipinski definition) is 1. The monoisotopic (exact) mass is 282 g/mol. The van der Waals surface area contributed by atoms with Crippen LogP contribution in [0.1, 0.15) is 66.7 Å². The van der Waals surface area contributed by atoms with Crippen LogP contribution in [0.5, 0.6) is 0 Å². The third-order valence-electron chi connectivity index (χ3n) is 4.09. The summed E-state index contributed by atoms with van der Waals surface area (Å²) in [6.45, 7) is 10.4. The molecule has 0 aliphatic carbocycles. The highest BCUT2D eigenvalue weighted by Gasteiger charge is 2.42. The summed E-state index contributed by atoms with van der Waals surface area (Å²) in [5, 5.41) is 2.92. The molecule has 4 nitrogen and oxygen atoms in total. The van der Waals surface area contributed by atoms with Crippen LogP contribution in [-0.4, -0.2) is 34.8 Å². The number of piperazine rings is 1. The van der Waals surface area contributed by atoms with Crippen LogP contribution in [0.2, 0.25) is 0 Å². The van der Waals surface area contributed by atoms with Crippen molar-refractivity contribution in [1.82, 2.24) is 10.2 Å². The molecule has 4 heteroatoms. The largest absolute Gasteiger partial charge is 0.342 e. The van der Waals surface area contributed by atoms with Gasteiger partial charge in [-0.1, -0.05) is 41.0 Å². The van der Waals surface area contributed by atoms with Crippen molar-refractivity contribution in [2.24, 2.45) is 5.92 Å². The Bertz CT molecular complexity index is 341. The van der Waals surface area contributed by atoms with Gasteiger partial charge in [-0.2, -0.15) is 0 Å². The van der Waals surface area contributed by atoms with Gasteiger partial charge in [-0.3, -0.25) is 9.59 Å². The molecule has 1 aliphatic heterocycles. The van der Waals surface area contributed by atoms with Gasteiger partial charge in [-0.05, 0) is 31.6 Å². The van der Waals surface area contributed by atoms with Gasteiger partial charge in [0.05, 0.1) is 0 Å². The van der Waals surface area contributed by atoms with Crippen LogP contribution < -0.4 is 5.32 Å². The van der Waals surface area contributed by atoms with E-state index in [4.69, 9.17) is 0 Å². The number of amides is 2. The van der Waals surface area contributed by atoms with Crippen LogP contribution in [0.3, 0.4) is 0 Å². The molecule has 0 bridgehead atoms. The van der Waals surface area contributed by atoms with E-state index in [2.05, 4.69) is 33.0 Å². The lowest BCUT2D eigenvalue weighted by Gasteiger charge is -2.43. The van der Waals surface area contributed by atoms with Crippen molar-refractivity contribution in [2.45, 2.75) is 84.8 Å². The summed E-state index contributed by atoms with van der Waals surface area (Å²) in [4.78, 5) is 26.9. The summed E-state index contributed by atoms with van der Waals surface area (Å²) >= 11 is 0. The van der Waals surface area contributed by atoms with Crippen molar-refractivity contribution < 1.29 is 9.59 Å². The molecular weight excluding hydrogens is 252 g/mol.